The number of unbranched alkanes of at least 4 members (excludes halogenated alkanes) is 4. The van der Waals surface area contributed by atoms with Gasteiger partial charge in [0.2, 0.25) is 0 Å². The van der Waals surface area contributed by atoms with Crippen LogP contribution in [0.3, 0.4) is 0 Å². The Bertz CT molecular complexity index is 1020. The van der Waals surface area contributed by atoms with Crippen molar-refractivity contribution >= 4 is 27.5 Å². The number of carbonyl (C=O) groups excluding carboxylic acids is 1. The van der Waals surface area contributed by atoms with Crippen molar-refractivity contribution in [2.24, 2.45) is 0 Å². The van der Waals surface area contributed by atoms with Crippen LogP contribution in [0.4, 0.5) is 0 Å². The average Bonchev–Trinajstić information content (AvgIpc) is 3.62. The summed E-state index contributed by atoms with van der Waals surface area (Å²) in [6, 6.07) is 16.6. The Morgan fingerprint density at radius 3 is 2.49 bits per heavy atom. The van der Waals surface area contributed by atoms with Gasteiger partial charge in [-0.1, -0.05) is 42.7 Å². The molecule has 0 unspecified atom stereocenters. The lowest BCUT2D eigenvalue weighted by Crippen LogP contribution is -2.31. The lowest BCUT2D eigenvalue weighted by Gasteiger charge is -2.22. The van der Waals surface area contributed by atoms with Crippen molar-refractivity contribution in [3.05, 3.63) is 48.5 Å². The number of nitrogens with zero attached hydrogens (tertiary/aromatic N) is 2. The second-order valence-corrected chi connectivity index (χ2v) is 9.95. The third-order valence-corrected chi connectivity index (χ3v) is 7.06. The SMILES string of the molecule is CCOC(=O)CCCCCCCN(CCOc1ccc(Oc2nc3ccccc3s2)cc1)C1CC1. The fourth-order valence-corrected chi connectivity index (χ4v) is 4.98. The van der Waals surface area contributed by atoms with E-state index in [1.54, 1.807) is 11.3 Å². The Morgan fingerprint density at radius 2 is 1.71 bits per heavy atom. The maximum absolute atomic E-state index is 11.4. The van der Waals surface area contributed by atoms with Gasteiger partial charge in [0.1, 0.15) is 18.1 Å². The molecular weight excluding hydrogens is 460 g/mol. The molecule has 0 N–H and O–H groups in total. The van der Waals surface area contributed by atoms with Crippen LogP contribution in [0.2, 0.25) is 0 Å². The summed E-state index contributed by atoms with van der Waals surface area (Å²) in [5, 5.41) is 0.652. The van der Waals surface area contributed by atoms with Crippen molar-refractivity contribution in [1.29, 1.82) is 0 Å². The minimum Gasteiger partial charge on any atom is -0.492 e. The fraction of sp³-hybridized carbons (Fsp3) is 0.500. The van der Waals surface area contributed by atoms with E-state index in [-0.39, 0.29) is 5.97 Å². The number of carbonyl (C=O) groups is 1. The molecule has 1 heterocycles. The van der Waals surface area contributed by atoms with Crippen LogP contribution in [0.5, 0.6) is 16.7 Å². The van der Waals surface area contributed by atoms with E-state index >= 15 is 0 Å². The monoisotopic (exact) mass is 496 g/mol. The van der Waals surface area contributed by atoms with E-state index in [4.69, 9.17) is 14.2 Å². The zero-order chi connectivity index (χ0) is 24.3. The molecule has 0 saturated heterocycles. The smallest absolute Gasteiger partial charge is 0.305 e. The molecule has 1 saturated carbocycles. The van der Waals surface area contributed by atoms with Crippen LogP contribution < -0.4 is 9.47 Å². The summed E-state index contributed by atoms with van der Waals surface area (Å²) >= 11 is 1.55. The predicted octanol–water partition coefficient (Wildman–Crippen LogP) is 6.84. The Hall–Kier alpha value is -2.64. The molecule has 0 radical (unpaired) electrons. The third-order valence-electron chi connectivity index (χ3n) is 6.15. The van der Waals surface area contributed by atoms with E-state index < -0.39 is 0 Å². The molecule has 0 spiro atoms. The highest BCUT2D eigenvalue weighted by Gasteiger charge is 2.28. The number of para-hydroxylation sites is 1. The average molecular weight is 497 g/mol. The Morgan fingerprint density at radius 1 is 0.971 bits per heavy atom. The van der Waals surface area contributed by atoms with Gasteiger partial charge >= 0.3 is 5.97 Å². The third kappa shape index (κ3) is 8.51. The molecule has 7 heteroatoms. The molecule has 0 aliphatic heterocycles. The van der Waals surface area contributed by atoms with Crippen molar-refractivity contribution in [3.8, 4) is 16.7 Å². The summed E-state index contributed by atoms with van der Waals surface area (Å²) in [5.41, 5.74) is 0.960. The van der Waals surface area contributed by atoms with Gasteiger partial charge in [0.15, 0.2) is 0 Å². The molecule has 4 rings (SSSR count). The predicted molar refractivity (Wildman–Crippen MR) is 141 cm³/mol. The number of hydrogen-bond donors (Lipinski definition) is 0. The number of aromatic nitrogens is 1. The largest absolute Gasteiger partial charge is 0.492 e. The van der Waals surface area contributed by atoms with Crippen LogP contribution in [0.15, 0.2) is 48.5 Å². The molecule has 0 bridgehead atoms. The quantitative estimate of drug-likeness (QED) is 0.160. The van der Waals surface area contributed by atoms with Crippen molar-refractivity contribution in [3.63, 3.8) is 0 Å². The highest BCUT2D eigenvalue weighted by Crippen LogP contribution is 2.32. The van der Waals surface area contributed by atoms with Gasteiger partial charge in [-0.3, -0.25) is 9.69 Å². The molecule has 1 aliphatic rings. The minimum absolute atomic E-state index is 0.0669. The van der Waals surface area contributed by atoms with Crippen molar-refractivity contribution in [1.82, 2.24) is 9.88 Å². The maximum Gasteiger partial charge on any atom is 0.305 e. The zero-order valence-electron chi connectivity index (χ0n) is 20.6. The molecule has 188 valence electrons. The van der Waals surface area contributed by atoms with Gasteiger partial charge in [0, 0.05) is 19.0 Å². The summed E-state index contributed by atoms with van der Waals surface area (Å²) in [6.07, 6.45) is 8.78. The molecule has 35 heavy (non-hydrogen) atoms. The summed E-state index contributed by atoms with van der Waals surface area (Å²) in [4.78, 5) is 18.5. The lowest BCUT2D eigenvalue weighted by molar-refractivity contribution is -0.143. The van der Waals surface area contributed by atoms with Crippen LogP contribution in [0.1, 0.15) is 58.3 Å². The number of fused-ring (bicyclic) bond motifs is 1. The first-order valence-electron chi connectivity index (χ1n) is 12.9. The van der Waals surface area contributed by atoms with Crippen molar-refractivity contribution in [2.75, 3.05) is 26.3 Å². The van der Waals surface area contributed by atoms with Crippen molar-refractivity contribution < 1.29 is 19.0 Å². The molecule has 6 nitrogen and oxygen atoms in total. The van der Waals surface area contributed by atoms with Gasteiger partial charge in [-0.05, 0) is 75.5 Å². The van der Waals surface area contributed by atoms with Gasteiger partial charge < -0.3 is 14.2 Å². The van der Waals surface area contributed by atoms with E-state index in [0.29, 0.717) is 24.8 Å². The highest BCUT2D eigenvalue weighted by atomic mass is 32.1. The minimum atomic E-state index is -0.0669. The summed E-state index contributed by atoms with van der Waals surface area (Å²) in [5.74, 6) is 1.56. The van der Waals surface area contributed by atoms with Crippen molar-refractivity contribution in [2.45, 2.75) is 64.3 Å². The second kappa shape index (κ2) is 13.4. The molecule has 0 amide bonds. The van der Waals surface area contributed by atoms with Gasteiger partial charge in [-0.25, -0.2) is 4.98 Å². The Labute approximate surface area is 212 Å². The highest BCUT2D eigenvalue weighted by molar-refractivity contribution is 7.20. The normalized spacial score (nSPS) is 13.3. The Kier molecular flexibility index (Phi) is 9.78. The van der Waals surface area contributed by atoms with Crippen LogP contribution in [0.25, 0.3) is 10.2 Å². The molecule has 1 fully saturated rings. The molecule has 0 atom stereocenters. The van der Waals surface area contributed by atoms with E-state index in [1.807, 2.05) is 49.4 Å². The topological polar surface area (TPSA) is 60.9 Å². The van der Waals surface area contributed by atoms with Crippen LogP contribution >= 0.6 is 11.3 Å². The Balaban J connectivity index is 1.11. The lowest BCUT2D eigenvalue weighted by atomic mass is 10.1. The standard InChI is InChI=1S/C28H36N2O4S/c1-2-32-27(31)12-6-4-3-5-9-19-30(22-13-14-22)20-21-33-23-15-17-24(18-16-23)34-28-29-25-10-7-8-11-26(25)35-28/h7-8,10-11,15-18,22H,2-6,9,12-14,19-21H2,1H3. The van der Waals surface area contributed by atoms with Crippen LogP contribution in [-0.4, -0.2) is 48.2 Å². The van der Waals surface area contributed by atoms with Crippen LogP contribution in [-0.2, 0) is 9.53 Å². The number of hydrogen-bond acceptors (Lipinski definition) is 7. The summed E-state index contributed by atoms with van der Waals surface area (Å²) in [6.45, 7) is 5.10. The number of rotatable bonds is 16. The van der Waals surface area contributed by atoms with Gasteiger partial charge in [0.25, 0.3) is 5.19 Å². The number of ether oxygens (including phenoxy) is 3. The summed E-state index contributed by atoms with van der Waals surface area (Å²) < 4.78 is 18.0. The molecule has 1 aromatic heterocycles. The van der Waals surface area contributed by atoms with Gasteiger partial charge in [-0.2, -0.15) is 0 Å². The molecule has 3 aromatic rings. The molecule has 1 aliphatic carbocycles. The van der Waals surface area contributed by atoms with Crippen LogP contribution in [0, 0.1) is 0 Å². The number of esters is 1. The zero-order valence-corrected chi connectivity index (χ0v) is 21.4. The maximum atomic E-state index is 11.4. The first kappa shape index (κ1) is 25.5. The molecular formula is C28H36N2O4S. The summed E-state index contributed by atoms with van der Waals surface area (Å²) in [7, 11) is 0. The van der Waals surface area contributed by atoms with E-state index in [2.05, 4.69) is 16.0 Å². The second-order valence-electron chi connectivity index (χ2n) is 8.96. The number of thiazole rings is 1. The fourth-order valence-electron chi connectivity index (χ4n) is 4.14. The van der Waals surface area contributed by atoms with E-state index in [9.17, 15) is 4.79 Å². The first-order valence-corrected chi connectivity index (χ1v) is 13.7. The van der Waals surface area contributed by atoms with E-state index in [1.165, 1.54) is 32.1 Å². The molecule has 2 aromatic carbocycles. The van der Waals surface area contributed by atoms with E-state index in [0.717, 1.165) is 53.7 Å². The first-order chi connectivity index (χ1) is 17.2. The number of benzene rings is 2. The van der Waals surface area contributed by atoms with Gasteiger partial charge in [-0.15, -0.1) is 0 Å². The van der Waals surface area contributed by atoms with Gasteiger partial charge in [0.05, 0.1) is 16.8 Å².